The second kappa shape index (κ2) is 6.59. The van der Waals surface area contributed by atoms with E-state index in [1.54, 1.807) is 4.90 Å². The summed E-state index contributed by atoms with van der Waals surface area (Å²) in [5.41, 5.74) is 0.298. The van der Waals surface area contributed by atoms with Crippen LogP contribution < -0.4 is 15.0 Å². The zero-order chi connectivity index (χ0) is 19.2. The summed E-state index contributed by atoms with van der Waals surface area (Å²) in [7, 11) is 0. The molecule has 3 saturated heterocycles. The fraction of sp³-hybridized carbons (Fsp3) is 0.529. The third-order valence-electron chi connectivity index (χ3n) is 5.03. The highest BCUT2D eigenvalue weighted by Gasteiger charge is 2.43. The number of urea groups is 1. The fourth-order valence-corrected chi connectivity index (χ4v) is 3.80. The minimum atomic E-state index is -4.80. The van der Waals surface area contributed by atoms with Gasteiger partial charge in [0.2, 0.25) is 5.91 Å². The third-order valence-corrected chi connectivity index (χ3v) is 5.03. The molecule has 0 radical (unpaired) electrons. The molecule has 7 nitrogen and oxygen atoms in total. The highest BCUT2D eigenvalue weighted by atomic mass is 19.4. The highest BCUT2D eigenvalue weighted by Crippen LogP contribution is 2.30. The molecule has 1 aromatic rings. The molecular weight excluding hydrogens is 367 g/mol. The first-order valence-electron chi connectivity index (χ1n) is 8.66. The Morgan fingerprint density at radius 3 is 2.81 bits per heavy atom. The van der Waals surface area contributed by atoms with Crippen molar-refractivity contribution >= 4 is 17.6 Å². The van der Waals surface area contributed by atoms with Crippen LogP contribution in [0.4, 0.5) is 23.7 Å². The van der Waals surface area contributed by atoms with Crippen molar-refractivity contribution in [2.75, 3.05) is 24.6 Å². The fourth-order valence-electron chi connectivity index (χ4n) is 3.80. The quantitative estimate of drug-likeness (QED) is 0.863. The zero-order valence-corrected chi connectivity index (χ0v) is 14.2. The van der Waals surface area contributed by atoms with Crippen LogP contribution in [-0.2, 0) is 9.53 Å². The summed E-state index contributed by atoms with van der Waals surface area (Å²) in [6.45, 7) is 1.32. The number of amides is 3. The van der Waals surface area contributed by atoms with Crippen molar-refractivity contribution in [3.05, 3.63) is 24.3 Å². The number of carbonyl (C=O) groups is 2. The van der Waals surface area contributed by atoms with Gasteiger partial charge in [-0.05, 0) is 25.0 Å². The maximum atomic E-state index is 12.6. The van der Waals surface area contributed by atoms with Gasteiger partial charge < -0.3 is 24.6 Å². The Morgan fingerprint density at radius 1 is 1.33 bits per heavy atom. The molecule has 3 heterocycles. The lowest BCUT2D eigenvalue weighted by Crippen LogP contribution is -2.51. The van der Waals surface area contributed by atoms with Gasteiger partial charge in [-0.2, -0.15) is 0 Å². The predicted molar refractivity (Wildman–Crippen MR) is 87.3 cm³/mol. The van der Waals surface area contributed by atoms with E-state index in [2.05, 4.69) is 10.1 Å². The van der Waals surface area contributed by atoms with E-state index in [0.29, 0.717) is 31.8 Å². The number of rotatable bonds is 3. The number of ether oxygens (including phenoxy) is 2. The highest BCUT2D eigenvalue weighted by molar-refractivity contribution is 6.01. The van der Waals surface area contributed by atoms with Crippen LogP contribution in [0, 0.1) is 0 Å². The lowest BCUT2D eigenvalue weighted by Gasteiger charge is -2.28. The van der Waals surface area contributed by atoms with Crippen molar-refractivity contribution in [1.82, 2.24) is 10.2 Å². The maximum absolute atomic E-state index is 12.6. The summed E-state index contributed by atoms with van der Waals surface area (Å²) in [6.07, 6.45) is -3.55. The Bertz CT molecular complexity index is 757. The molecule has 1 aromatic carbocycles. The van der Waals surface area contributed by atoms with Crippen molar-refractivity contribution in [1.29, 1.82) is 0 Å². The van der Waals surface area contributed by atoms with Crippen LogP contribution in [0.25, 0.3) is 0 Å². The van der Waals surface area contributed by atoms with Crippen molar-refractivity contribution in [2.24, 2.45) is 0 Å². The Labute approximate surface area is 153 Å². The number of halogens is 3. The van der Waals surface area contributed by atoms with Crippen LogP contribution in [-0.4, -0.2) is 61.1 Å². The van der Waals surface area contributed by atoms with Crippen LogP contribution in [0.3, 0.4) is 0 Å². The smallest absolute Gasteiger partial charge is 0.406 e. The first-order chi connectivity index (χ1) is 12.8. The number of hydrogen-bond acceptors (Lipinski definition) is 4. The molecule has 3 amide bonds. The monoisotopic (exact) mass is 385 g/mol. The largest absolute Gasteiger partial charge is 0.573 e. The van der Waals surface area contributed by atoms with Crippen LogP contribution in [0.2, 0.25) is 0 Å². The van der Waals surface area contributed by atoms with E-state index < -0.39 is 18.2 Å². The van der Waals surface area contributed by atoms with E-state index in [4.69, 9.17) is 4.74 Å². The van der Waals surface area contributed by atoms with Crippen LogP contribution in [0.5, 0.6) is 5.75 Å². The van der Waals surface area contributed by atoms with Gasteiger partial charge in [0.05, 0.1) is 18.8 Å². The second-order valence-corrected chi connectivity index (χ2v) is 6.82. The topological polar surface area (TPSA) is 71.1 Å². The minimum Gasteiger partial charge on any atom is -0.406 e. The van der Waals surface area contributed by atoms with E-state index in [0.717, 1.165) is 12.5 Å². The van der Waals surface area contributed by atoms with E-state index >= 15 is 0 Å². The van der Waals surface area contributed by atoms with Crippen LogP contribution >= 0.6 is 0 Å². The number of likely N-dealkylation sites (tertiary alicyclic amines) is 1. The number of nitrogens with one attached hydrogen (secondary N) is 1. The molecule has 1 unspecified atom stereocenters. The number of anilines is 1. The summed E-state index contributed by atoms with van der Waals surface area (Å²) in [5, 5.41) is 2.74. The summed E-state index contributed by atoms with van der Waals surface area (Å²) in [6, 6.07) is 4.27. The van der Waals surface area contributed by atoms with E-state index in [9.17, 15) is 22.8 Å². The molecule has 2 bridgehead atoms. The van der Waals surface area contributed by atoms with Gasteiger partial charge in [0.25, 0.3) is 0 Å². The first-order valence-corrected chi connectivity index (χ1v) is 8.66. The number of carbonyl (C=O) groups excluding carboxylic acids is 2. The van der Waals surface area contributed by atoms with Gasteiger partial charge in [-0.3, -0.25) is 4.79 Å². The second-order valence-electron chi connectivity index (χ2n) is 6.82. The van der Waals surface area contributed by atoms with Crippen LogP contribution in [0.15, 0.2) is 24.3 Å². The van der Waals surface area contributed by atoms with Gasteiger partial charge in [-0.15, -0.1) is 13.2 Å². The van der Waals surface area contributed by atoms with E-state index in [1.807, 2.05) is 0 Å². The molecule has 0 spiro atoms. The Kier molecular flexibility index (Phi) is 4.37. The van der Waals surface area contributed by atoms with Crippen molar-refractivity contribution in [3.8, 4) is 5.75 Å². The molecule has 0 aliphatic carbocycles. The van der Waals surface area contributed by atoms with Crippen molar-refractivity contribution in [3.63, 3.8) is 0 Å². The van der Waals surface area contributed by atoms with E-state index in [-0.39, 0.29) is 24.1 Å². The lowest BCUT2D eigenvalue weighted by atomic mass is 10.2. The zero-order valence-electron chi connectivity index (χ0n) is 14.2. The number of alkyl halides is 3. The normalized spacial score (nSPS) is 27.4. The molecule has 27 heavy (non-hydrogen) atoms. The molecule has 0 aromatic heterocycles. The summed E-state index contributed by atoms with van der Waals surface area (Å²) >= 11 is 0. The minimum absolute atomic E-state index is 0.0406. The molecule has 146 valence electrons. The summed E-state index contributed by atoms with van der Waals surface area (Å²) in [4.78, 5) is 28.1. The van der Waals surface area contributed by atoms with Crippen LogP contribution in [0.1, 0.15) is 12.8 Å². The molecule has 1 N–H and O–H groups in total. The van der Waals surface area contributed by atoms with Gasteiger partial charge >= 0.3 is 12.4 Å². The molecule has 3 aliphatic rings. The molecule has 3 aliphatic heterocycles. The Hall–Kier alpha value is -2.49. The predicted octanol–water partition coefficient (Wildman–Crippen LogP) is 1.87. The van der Waals surface area contributed by atoms with E-state index in [1.165, 1.54) is 23.1 Å². The third kappa shape index (κ3) is 3.66. The Morgan fingerprint density at radius 2 is 2.15 bits per heavy atom. The maximum Gasteiger partial charge on any atom is 0.573 e. The molecule has 3 fully saturated rings. The van der Waals surface area contributed by atoms with Gasteiger partial charge in [0, 0.05) is 24.8 Å². The number of nitrogens with zero attached hydrogens (tertiary/aromatic N) is 2. The van der Waals surface area contributed by atoms with Gasteiger partial charge in [-0.25, -0.2) is 4.79 Å². The van der Waals surface area contributed by atoms with Gasteiger partial charge in [-0.1, -0.05) is 6.07 Å². The SMILES string of the molecule is O=C1C(NC(=O)N2C[C@H]3C[C@@H]2CO3)CCN1c1cccc(OC(F)(F)F)c1. The molecular formula is C17H18F3N3O4. The molecule has 10 heteroatoms. The van der Waals surface area contributed by atoms with Gasteiger partial charge in [0.15, 0.2) is 0 Å². The van der Waals surface area contributed by atoms with Gasteiger partial charge in [0.1, 0.15) is 11.8 Å². The summed E-state index contributed by atoms with van der Waals surface area (Å²) < 4.78 is 46.5. The molecule has 3 atom stereocenters. The van der Waals surface area contributed by atoms with Crippen molar-refractivity contribution < 1.29 is 32.2 Å². The lowest BCUT2D eigenvalue weighted by molar-refractivity contribution is -0.274. The number of hydrogen-bond donors (Lipinski definition) is 1. The molecule has 4 rings (SSSR count). The average Bonchev–Trinajstić information content (AvgIpc) is 3.30. The molecule has 0 saturated carbocycles. The number of morpholine rings is 1. The number of benzene rings is 1. The summed E-state index contributed by atoms with van der Waals surface area (Å²) in [5.74, 6) is -0.749. The standard InChI is InChI=1S/C17H18F3N3O4/c18-17(19,20)27-12-3-1-2-10(6-12)22-5-4-14(15(22)24)21-16(25)23-8-13-7-11(23)9-26-13/h1-3,6,11,13-14H,4-5,7-9H2,(H,21,25)/t11-,13-,14?/m1/s1. The van der Waals surface area contributed by atoms with Crippen molar-refractivity contribution in [2.45, 2.75) is 37.4 Å². The number of fused-ring (bicyclic) bond motifs is 2. The average molecular weight is 385 g/mol. The first kappa shape index (κ1) is 17.9. The Balaban J connectivity index is 1.40.